The third kappa shape index (κ3) is 5.22. The summed E-state index contributed by atoms with van der Waals surface area (Å²) in [6, 6.07) is 60.0. The second-order valence-corrected chi connectivity index (χ2v) is 14.7. The topological polar surface area (TPSA) is 51.6 Å². The van der Waals surface area contributed by atoms with Crippen LogP contribution in [0.15, 0.2) is 170 Å². The number of hydrogen-bond donors (Lipinski definition) is 0. The lowest BCUT2D eigenvalue weighted by molar-refractivity contribution is 1.35. The van der Waals surface area contributed by atoms with E-state index in [9.17, 15) is 0 Å². The molecular formula is C52H34N4. The molecule has 4 aromatic heterocycles. The van der Waals surface area contributed by atoms with Gasteiger partial charge in [0, 0.05) is 43.8 Å². The summed E-state index contributed by atoms with van der Waals surface area (Å²) in [6.45, 7) is 4.32. The monoisotopic (exact) mass is 714 g/mol. The van der Waals surface area contributed by atoms with Crippen molar-refractivity contribution in [3.63, 3.8) is 0 Å². The maximum atomic E-state index is 5.30. The zero-order valence-electron chi connectivity index (χ0n) is 31.0. The maximum Gasteiger partial charge on any atom is 0.0972 e. The number of hydrogen-bond acceptors (Lipinski definition) is 4. The van der Waals surface area contributed by atoms with E-state index in [0.29, 0.717) is 0 Å². The SMILES string of the molecule is Cc1ccc2ccccc2c1-c1ccc2ccc3ccc(-c4cccc(-c5ccc6ccc7ccc(-c8c(C)ccc9ccccc89)nc7c6n5)c4)nc3c2n1. The predicted molar refractivity (Wildman–Crippen MR) is 234 cm³/mol. The molecule has 4 heterocycles. The Morgan fingerprint density at radius 1 is 0.286 bits per heavy atom. The van der Waals surface area contributed by atoms with Gasteiger partial charge in [0.05, 0.1) is 44.8 Å². The fourth-order valence-corrected chi connectivity index (χ4v) is 8.41. The van der Waals surface area contributed by atoms with Crippen molar-refractivity contribution in [1.29, 1.82) is 0 Å². The summed E-state index contributed by atoms with van der Waals surface area (Å²) < 4.78 is 0. The van der Waals surface area contributed by atoms with Crippen LogP contribution in [-0.2, 0) is 0 Å². The second-order valence-electron chi connectivity index (χ2n) is 14.7. The molecule has 11 aromatic rings. The Morgan fingerprint density at radius 3 is 1.05 bits per heavy atom. The van der Waals surface area contributed by atoms with E-state index in [1.807, 2.05) is 0 Å². The van der Waals surface area contributed by atoms with Gasteiger partial charge in [-0.1, -0.05) is 140 Å². The molecule has 0 saturated carbocycles. The Kier molecular flexibility index (Phi) is 7.26. The van der Waals surface area contributed by atoms with E-state index in [0.717, 1.165) is 88.6 Å². The van der Waals surface area contributed by atoms with Crippen molar-refractivity contribution in [2.75, 3.05) is 0 Å². The van der Waals surface area contributed by atoms with Crippen molar-refractivity contribution in [1.82, 2.24) is 19.9 Å². The molecule has 11 rings (SSSR count). The predicted octanol–water partition coefficient (Wildman–Crippen LogP) is 13.5. The second kappa shape index (κ2) is 12.6. The lowest BCUT2D eigenvalue weighted by Gasteiger charge is -2.12. The number of rotatable bonds is 4. The van der Waals surface area contributed by atoms with Crippen molar-refractivity contribution in [2.45, 2.75) is 13.8 Å². The summed E-state index contributed by atoms with van der Waals surface area (Å²) in [5, 5.41) is 9.08. The van der Waals surface area contributed by atoms with E-state index in [4.69, 9.17) is 19.9 Å². The summed E-state index contributed by atoms with van der Waals surface area (Å²) in [5.41, 5.74) is 14.1. The van der Waals surface area contributed by atoms with Gasteiger partial charge in [0.15, 0.2) is 0 Å². The van der Waals surface area contributed by atoms with Gasteiger partial charge >= 0.3 is 0 Å². The Bertz CT molecular complexity index is 3180. The molecule has 0 aliphatic carbocycles. The van der Waals surface area contributed by atoms with Crippen LogP contribution in [0.25, 0.3) is 110 Å². The van der Waals surface area contributed by atoms with Crippen molar-refractivity contribution in [3.8, 4) is 45.0 Å². The highest BCUT2D eigenvalue weighted by molar-refractivity contribution is 6.07. The molecule has 262 valence electrons. The summed E-state index contributed by atoms with van der Waals surface area (Å²) in [6.07, 6.45) is 0. The van der Waals surface area contributed by atoms with Crippen LogP contribution < -0.4 is 0 Å². The Hall–Kier alpha value is -7.30. The number of benzene rings is 7. The van der Waals surface area contributed by atoms with Crippen molar-refractivity contribution < 1.29 is 0 Å². The summed E-state index contributed by atoms with van der Waals surface area (Å²) >= 11 is 0. The standard InChI is InChI=1S/C52H34N4/c1-31-14-16-33-8-3-5-12-41(33)47(31)45-28-24-37-20-18-35-22-26-43(53-49(35)51(37)55-45)39-10-7-11-40(30-39)44-27-23-36-19-21-38-25-29-46(56-52(38)50(36)54-44)48-32(2)15-17-34-9-4-6-13-42(34)48/h3-30H,1-2H3. The molecule has 0 aliphatic rings. The highest BCUT2D eigenvalue weighted by Crippen LogP contribution is 2.36. The highest BCUT2D eigenvalue weighted by Gasteiger charge is 2.15. The van der Waals surface area contributed by atoms with Gasteiger partial charge in [-0.25, -0.2) is 19.9 Å². The van der Waals surface area contributed by atoms with Crippen LogP contribution in [0, 0.1) is 13.8 Å². The lowest BCUT2D eigenvalue weighted by atomic mass is 9.96. The minimum atomic E-state index is 0.892. The van der Waals surface area contributed by atoms with Crippen molar-refractivity contribution in [3.05, 3.63) is 181 Å². The molecule has 56 heavy (non-hydrogen) atoms. The average molecular weight is 715 g/mol. The zero-order chi connectivity index (χ0) is 37.3. The van der Waals surface area contributed by atoms with E-state index in [1.165, 1.54) is 32.7 Å². The minimum Gasteiger partial charge on any atom is -0.245 e. The van der Waals surface area contributed by atoms with Crippen molar-refractivity contribution >= 4 is 65.2 Å². The molecule has 0 aliphatic heterocycles. The molecule has 0 spiro atoms. The molecule has 0 N–H and O–H groups in total. The van der Waals surface area contributed by atoms with Gasteiger partial charge in [-0.05, 0) is 76.9 Å². The van der Waals surface area contributed by atoms with Gasteiger partial charge in [0.2, 0.25) is 0 Å². The fourth-order valence-electron chi connectivity index (χ4n) is 8.41. The first-order valence-corrected chi connectivity index (χ1v) is 19.1. The molecule has 7 aromatic carbocycles. The number of aryl methyl sites for hydroxylation is 2. The van der Waals surface area contributed by atoms with Crippen LogP contribution in [0.4, 0.5) is 0 Å². The first-order valence-electron chi connectivity index (χ1n) is 19.1. The van der Waals surface area contributed by atoms with Gasteiger partial charge < -0.3 is 0 Å². The molecule has 4 heteroatoms. The molecule has 0 fully saturated rings. The molecule has 0 radical (unpaired) electrons. The Balaban J connectivity index is 1.02. The first-order chi connectivity index (χ1) is 27.6. The Labute approximate surface area is 323 Å². The molecule has 0 saturated heterocycles. The molecule has 0 unspecified atom stereocenters. The third-order valence-electron chi connectivity index (χ3n) is 11.3. The van der Waals surface area contributed by atoms with Gasteiger partial charge in [-0.3, -0.25) is 0 Å². The van der Waals surface area contributed by atoms with E-state index in [-0.39, 0.29) is 0 Å². The molecule has 0 atom stereocenters. The quantitative estimate of drug-likeness (QED) is 0.170. The normalized spacial score (nSPS) is 11.8. The van der Waals surface area contributed by atoms with Crippen molar-refractivity contribution in [2.24, 2.45) is 0 Å². The minimum absolute atomic E-state index is 0.892. The first kappa shape index (κ1) is 32.2. The van der Waals surface area contributed by atoms with E-state index >= 15 is 0 Å². The van der Waals surface area contributed by atoms with Gasteiger partial charge in [-0.2, -0.15) is 0 Å². The molecular weight excluding hydrogens is 681 g/mol. The van der Waals surface area contributed by atoms with Crippen LogP contribution in [0.3, 0.4) is 0 Å². The van der Waals surface area contributed by atoms with Gasteiger partial charge in [0.25, 0.3) is 0 Å². The zero-order valence-corrected chi connectivity index (χ0v) is 31.0. The van der Waals surface area contributed by atoms with E-state index in [2.05, 4.69) is 184 Å². The van der Waals surface area contributed by atoms with Crippen LogP contribution in [-0.4, -0.2) is 19.9 Å². The third-order valence-corrected chi connectivity index (χ3v) is 11.3. The molecule has 4 nitrogen and oxygen atoms in total. The largest absolute Gasteiger partial charge is 0.245 e. The van der Waals surface area contributed by atoms with Gasteiger partial charge in [-0.15, -0.1) is 0 Å². The van der Waals surface area contributed by atoms with Crippen LogP contribution in [0.1, 0.15) is 11.1 Å². The molecule has 0 amide bonds. The number of pyridine rings is 4. The Morgan fingerprint density at radius 2 is 0.625 bits per heavy atom. The van der Waals surface area contributed by atoms with E-state index in [1.54, 1.807) is 0 Å². The maximum absolute atomic E-state index is 5.30. The average Bonchev–Trinajstić information content (AvgIpc) is 3.25. The number of fused-ring (bicyclic) bond motifs is 8. The summed E-state index contributed by atoms with van der Waals surface area (Å²) in [4.78, 5) is 21.2. The summed E-state index contributed by atoms with van der Waals surface area (Å²) in [7, 11) is 0. The van der Waals surface area contributed by atoms with Crippen LogP contribution >= 0.6 is 0 Å². The fraction of sp³-hybridized carbons (Fsp3) is 0.0385. The van der Waals surface area contributed by atoms with E-state index < -0.39 is 0 Å². The number of nitrogens with zero attached hydrogens (tertiary/aromatic N) is 4. The lowest BCUT2D eigenvalue weighted by Crippen LogP contribution is -1.94. The smallest absolute Gasteiger partial charge is 0.0972 e. The molecule has 0 bridgehead atoms. The van der Waals surface area contributed by atoms with Crippen LogP contribution in [0.2, 0.25) is 0 Å². The van der Waals surface area contributed by atoms with Crippen LogP contribution in [0.5, 0.6) is 0 Å². The van der Waals surface area contributed by atoms with Gasteiger partial charge in [0.1, 0.15) is 0 Å². The summed E-state index contributed by atoms with van der Waals surface area (Å²) in [5.74, 6) is 0. The highest BCUT2D eigenvalue weighted by atomic mass is 14.8. The number of aromatic nitrogens is 4.